The van der Waals surface area contributed by atoms with Crippen molar-refractivity contribution in [2.24, 2.45) is 0 Å². The largest absolute Gasteiger partial charge is 0.449 e. The zero-order valence-corrected chi connectivity index (χ0v) is 16.0. The van der Waals surface area contributed by atoms with E-state index in [0.29, 0.717) is 11.6 Å². The molecule has 1 heterocycles. The molecule has 6 nitrogen and oxygen atoms in total. The fraction of sp³-hybridized carbons (Fsp3) is 0.333. The van der Waals surface area contributed by atoms with Gasteiger partial charge in [-0.05, 0) is 31.2 Å². The van der Waals surface area contributed by atoms with E-state index < -0.39 is 29.6 Å². The summed E-state index contributed by atoms with van der Waals surface area (Å²) in [7, 11) is 0. The summed E-state index contributed by atoms with van der Waals surface area (Å²) in [6.45, 7) is 5.63. The number of morpholine rings is 1. The SMILES string of the molecule is C[C@H](OC(=O)c1ccc(C[NH+]2CCOCC2)cc1)C(=O)Nc1ccc(F)cc1F. The van der Waals surface area contributed by atoms with E-state index in [1.807, 2.05) is 12.1 Å². The fourth-order valence-electron chi connectivity index (χ4n) is 2.99. The zero-order valence-electron chi connectivity index (χ0n) is 16.0. The topological polar surface area (TPSA) is 69.1 Å². The summed E-state index contributed by atoms with van der Waals surface area (Å²) in [5.41, 5.74) is 1.23. The first-order valence-corrected chi connectivity index (χ1v) is 9.39. The quantitative estimate of drug-likeness (QED) is 0.716. The second-order valence-electron chi connectivity index (χ2n) is 6.90. The standard InChI is InChI=1S/C21H22F2N2O4/c1-14(20(26)24-19-7-6-17(22)12-18(19)23)29-21(27)16-4-2-15(3-5-16)13-25-8-10-28-11-9-25/h2-7,12,14H,8-11,13H2,1H3,(H,24,26)/p+1/t14-/m0/s1. The minimum Gasteiger partial charge on any atom is -0.449 e. The minimum atomic E-state index is -1.15. The molecule has 0 aromatic heterocycles. The molecular weight excluding hydrogens is 382 g/mol. The Labute approximate surface area is 167 Å². The van der Waals surface area contributed by atoms with Crippen LogP contribution in [-0.4, -0.2) is 44.3 Å². The van der Waals surface area contributed by atoms with Gasteiger partial charge in [-0.25, -0.2) is 13.6 Å². The number of quaternary nitrogens is 1. The predicted octanol–water partition coefficient (Wildman–Crippen LogP) is 1.56. The van der Waals surface area contributed by atoms with Crippen molar-refractivity contribution in [3.8, 4) is 0 Å². The first-order valence-electron chi connectivity index (χ1n) is 9.39. The van der Waals surface area contributed by atoms with Crippen LogP contribution in [-0.2, 0) is 20.8 Å². The molecule has 1 aliphatic rings. The van der Waals surface area contributed by atoms with Gasteiger partial charge in [0, 0.05) is 11.6 Å². The Kier molecular flexibility index (Phi) is 6.90. The highest BCUT2D eigenvalue weighted by atomic mass is 19.1. The lowest BCUT2D eigenvalue weighted by Crippen LogP contribution is -3.12. The van der Waals surface area contributed by atoms with Gasteiger partial charge in [-0.3, -0.25) is 4.79 Å². The molecule has 0 bridgehead atoms. The maximum atomic E-state index is 13.6. The summed E-state index contributed by atoms with van der Waals surface area (Å²) in [6.07, 6.45) is -1.15. The molecule has 1 aliphatic heterocycles. The number of carbonyl (C=O) groups is 2. The van der Waals surface area contributed by atoms with E-state index in [4.69, 9.17) is 9.47 Å². The Morgan fingerprint density at radius 3 is 2.48 bits per heavy atom. The molecule has 1 fully saturated rings. The summed E-state index contributed by atoms with van der Waals surface area (Å²) in [6, 6.07) is 9.81. The first-order chi connectivity index (χ1) is 13.9. The van der Waals surface area contributed by atoms with Gasteiger partial charge < -0.3 is 19.7 Å². The predicted molar refractivity (Wildman–Crippen MR) is 102 cm³/mol. The maximum Gasteiger partial charge on any atom is 0.338 e. The van der Waals surface area contributed by atoms with E-state index in [2.05, 4.69) is 5.32 Å². The number of ether oxygens (including phenoxy) is 2. The Morgan fingerprint density at radius 1 is 1.14 bits per heavy atom. The van der Waals surface area contributed by atoms with Crippen molar-refractivity contribution in [3.05, 3.63) is 65.2 Å². The van der Waals surface area contributed by atoms with Gasteiger partial charge in [0.1, 0.15) is 31.3 Å². The average molecular weight is 405 g/mol. The maximum absolute atomic E-state index is 13.6. The number of carbonyl (C=O) groups excluding carboxylic acids is 2. The monoisotopic (exact) mass is 405 g/mol. The van der Waals surface area contributed by atoms with Crippen LogP contribution in [0, 0.1) is 11.6 Å². The van der Waals surface area contributed by atoms with E-state index in [0.717, 1.165) is 50.5 Å². The molecule has 2 aromatic carbocycles. The van der Waals surface area contributed by atoms with Crippen LogP contribution < -0.4 is 10.2 Å². The highest BCUT2D eigenvalue weighted by Crippen LogP contribution is 2.16. The van der Waals surface area contributed by atoms with Crippen molar-refractivity contribution in [1.82, 2.24) is 0 Å². The molecule has 2 N–H and O–H groups in total. The molecular formula is C21H23F2N2O4+. The molecule has 154 valence electrons. The van der Waals surface area contributed by atoms with Gasteiger partial charge in [-0.2, -0.15) is 0 Å². The summed E-state index contributed by atoms with van der Waals surface area (Å²) < 4.78 is 37.1. The van der Waals surface area contributed by atoms with Gasteiger partial charge in [0.15, 0.2) is 6.10 Å². The van der Waals surface area contributed by atoms with Crippen LogP contribution in [0.15, 0.2) is 42.5 Å². The highest BCUT2D eigenvalue weighted by Gasteiger charge is 2.21. The van der Waals surface area contributed by atoms with Crippen LogP contribution in [0.25, 0.3) is 0 Å². The van der Waals surface area contributed by atoms with Gasteiger partial charge in [-0.15, -0.1) is 0 Å². The second kappa shape index (κ2) is 9.58. The van der Waals surface area contributed by atoms with Crippen LogP contribution in [0.3, 0.4) is 0 Å². The van der Waals surface area contributed by atoms with Crippen molar-refractivity contribution in [1.29, 1.82) is 0 Å². The summed E-state index contributed by atoms with van der Waals surface area (Å²) >= 11 is 0. The minimum absolute atomic E-state index is 0.186. The molecule has 2 aromatic rings. The van der Waals surface area contributed by atoms with E-state index in [1.165, 1.54) is 11.8 Å². The molecule has 0 unspecified atom stereocenters. The second-order valence-corrected chi connectivity index (χ2v) is 6.90. The fourth-order valence-corrected chi connectivity index (χ4v) is 2.99. The number of esters is 1. The third kappa shape index (κ3) is 5.82. The number of benzene rings is 2. The molecule has 1 atom stereocenters. The van der Waals surface area contributed by atoms with Crippen LogP contribution in [0.1, 0.15) is 22.8 Å². The number of nitrogens with one attached hydrogen (secondary N) is 2. The number of amides is 1. The molecule has 0 saturated carbocycles. The van der Waals surface area contributed by atoms with Crippen molar-refractivity contribution in [2.75, 3.05) is 31.6 Å². The van der Waals surface area contributed by atoms with Crippen LogP contribution in [0.4, 0.5) is 14.5 Å². The smallest absolute Gasteiger partial charge is 0.338 e. The van der Waals surface area contributed by atoms with Crippen molar-refractivity contribution >= 4 is 17.6 Å². The lowest BCUT2D eigenvalue weighted by atomic mass is 10.1. The van der Waals surface area contributed by atoms with Crippen molar-refractivity contribution in [3.63, 3.8) is 0 Å². The number of hydrogen-bond donors (Lipinski definition) is 2. The number of halogens is 2. The molecule has 0 aliphatic carbocycles. The molecule has 1 saturated heterocycles. The number of hydrogen-bond acceptors (Lipinski definition) is 4. The number of anilines is 1. The van der Waals surface area contributed by atoms with Gasteiger partial charge in [-0.1, -0.05) is 12.1 Å². The summed E-state index contributed by atoms with van der Waals surface area (Å²) in [5.74, 6) is -3.03. The van der Waals surface area contributed by atoms with E-state index >= 15 is 0 Å². The van der Waals surface area contributed by atoms with E-state index in [-0.39, 0.29) is 5.69 Å². The highest BCUT2D eigenvalue weighted by molar-refractivity contribution is 5.97. The van der Waals surface area contributed by atoms with Crippen LogP contribution >= 0.6 is 0 Å². The third-order valence-electron chi connectivity index (χ3n) is 4.69. The molecule has 0 radical (unpaired) electrons. The summed E-state index contributed by atoms with van der Waals surface area (Å²) in [5, 5.41) is 2.28. The molecule has 3 rings (SSSR count). The van der Waals surface area contributed by atoms with Gasteiger partial charge in [0.2, 0.25) is 0 Å². The van der Waals surface area contributed by atoms with Crippen molar-refractivity contribution in [2.45, 2.75) is 19.6 Å². The van der Waals surface area contributed by atoms with E-state index in [9.17, 15) is 18.4 Å². The van der Waals surface area contributed by atoms with Gasteiger partial charge in [0.05, 0.1) is 24.5 Å². The Bertz CT molecular complexity index is 867. The Balaban J connectivity index is 1.53. The first kappa shape index (κ1) is 20.9. The lowest BCUT2D eigenvalue weighted by molar-refractivity contribution is -0.921. The van der Waals surface area contributed by atoms with Crippen LogP contribution in [0.5, 0.6) is 0 Å². The number of rotatable bonds is 6. The lowest BCUT2D eigenvalue weighted by Gasteiger charge is -2.23. The third-order valence-corrected chi connectivity index (χ3v) is 4.69. The summed E-state index contributed by atoms with van der Waals surface area (Å²) in [4.78, 5) is 25.8. The zero-order chi connectivity index (χ0) is 20.8. The van der Waals surface area contributed by atoms with Crippen LogP contribution in [0.2, 0.25) is 0 Å². The molecule has 0 spiro atoms. The van der Waals surface area contributed by atoms with Gasteiger partial charge in [0.25, 0.3) is 5.91 Å². The Morgan fingerprint density at radius 2 is 1.83 bits per heavy atom. The molecule has 29 heavy (non-hydrogen) atoms. The molecule has 1 amide bonds. The average Bonchev–Trinajstić information content (AvgIpc) is 2.71. The Hall–Kier alpha value is -2.84. The van der Waals surface area contributed by atoms with Crippen molar-refractivity contribution < 1.29 is 32.7 Å². The van der Waals surface area contributed by atoms with E-state index in [1.54, 1.807) is 12.1 Å². The van der Waals surface area contributed by atoms with Gasteiger partial charge >= 0.3 is 5.97 Å². The normalized spacial score (nSPS) is 15.6. The molecule has 8 heteroatoms.